The van der Waals surface area contributed by atoms with Gasteiger partial charge in [-0.05, 0) is 37.1 Å². The monoisotopic (exact) mass is 402 g/mol. The zero-order valence-electron chi connectivity index (χ0n) is 15.1. The van der Waals surface area contributed by atoms with Gasteiger partial charge >= 0.3 is 0 Å². The van der Waals surface area contributed by atoms with Crippen molar-refractivity contribution in [1.29, 1.82) is 0 Å². The number of thioether (sulfide) groups is 1. The number of nitrogens with one attached hydrogen (secondary N) is 2. The number of carbonyl (C=O) groups excluding carboxylic acids is 1. The van der Waals surface area contributed by atoms with Crippen molar-refractivity contribution in [3.8, 4) is 0 Å². The highest BCUT2D eigenvalue weighted by atomic mass is 32.2. The summed E-state index contributed by atoms with van der Waals surface area (Å²) < 4.78 is 0. The Bertz CT molecular complexity index is 966. The largest absolute Gasteiger partial charge is 0.369 e. The Morgan fingerprint density at radius 1 is 1.44 bits per heavy atom. The van der Waals surface area contributed by atoms with Crippen LogP contribution in [0.25, 0.3) is 11.0 Å². The third-order valence-electron chi connectivity index (χ3n) is 4.63. The quantitative estimate of drug-likeness (QED) is 0.548. The first-order chi connectivity index (χ1) is 13.1. The Morgan fingerprint density at radius 2 is 2.33 bits per heavy atom. The number of hydrogen-bond donors (Lipinski definition) is 3. The molecule has 2 aromatic heterocycles. The predicted molar refractivity (Wildman–Crippen MR) is 113 cm³/mol. The van der Waals surface area contributed by atoms with Crippen LogP contribution in [0, 0.1) is 0 Å². The Hall–Kier alpha value is -2.10. The first kappa shape index (κ1) is 18.3. The third-order valence-corrected chi connectivity index (χ3v) is 6.32. The smallest absolute Gasteiger partial charge is 0.259 e. The number of hydrogen-bond acceptors (Lipinski definition) is 7. The van der Waals surface area contributed by atoms with Crippen LogP contribution in [-0.4, -0.2) is 50.9 Å². The number of thiazole rings is 1. The molecule has 142 valence electrons. The molecule has 1 aromatic carbocycles. The molecule has 0 bridgehead atoms. The third kappa shape index (κ3) is 3.95. The van der Waals surface area contributed by atoms with Gasteiger partial charge in [0.05, 0.1) is 16.8 Å². The summed E-state index contributed by atoms with van der Waals surface area (Å²) in [5.74, 6) is 1.28. The molecule has 3 heterocycles. The van der Waals surface area contributed by atoms with Crippen LogP contribution in [0.5, 0.6) is 0 Å². The van der Waals surface area contributed by atoms with Gasteiger partial charge in [0, 0.05) is 24.4 Å². The van der Waals surface area contributed by atoms with Crippen LogP contribution in [0.1, 0.15) is 27.3 Å². The molecule has 0 unspecified atom stereocenters. The lowest BCUT2D eigenvalue weighted by atomic mass is 10.1. The molecule has 0 saturated carbocycles. The number of anilines is 2. The molecule has 9 heteroatoms. The molecule has 0 saturated heterocycles. The number of imidazole rings is 1. The Morgan fingerprint density at radius 3 is 3.19 bits per heavy atom. The molecule has 1 aliphatic heterocycles. The first-order valence-electron chi connectivity index (χ1n) is 8.89. The lowest BCUT2D eigenvalue weighted by Gasteiger charge is -2.25. The number of amides is 1. The molecule has 4 N–H and O–H groups in total. The van der Waals surface area contributed by atoms with Crippen molar-refractivity contribution in [3.63, 3.8) is 0 Å². The van der Waals surface area contributed by atoms with Gasteiger partial charge in [-0.2, -0.15) is 11.8 Å². The van der Waals surface area contributed by atoms with Gasteiger partial charge in [-0.15, -0.1) is 11.3 Å². The van der Waals surface area contributed by atoms with Gasteiger partial charge < -0.3 is 10.7 Å². The van der Waals surface area contributed by atoms with Crippen LogP contribution in [0.3, 0.4) is 0 Å². The van der Waals surface area contributed by atoms with Gasteiger partial charge in [0.25, 0.3) is 5.91 Å². The van der Waals surface area contributed by atoms with E-state index in [0.717, 1.165) is 37.3 Å². The highest BCUT2D eigenvalue weighted by molar-refractivity contribution is 7.98. The van der Waals surface area contributed by atoms with Crippen molar-refractivity contribution in [2.45, 2.75) is 19.4 Å². The second-order valence-electron chi connectivity index (χ2n) is 6.54. The van der Waals surface area contributed by atoms with Crippen molar-refractivity contribution in [3.05, 3.63) is 34.3 Å². The summed E-state index contributed by atoms with van der Waals surface area (Å²) in [4.78, 5) is 28.3. The fourth-order valence-corrected chi connectivity index (χ4v) is 4.79. The van der Waals surface area contributed by atoms with E-state index in [1.807, 2.05) is 23.9 Å². The average molecular weight is 403 g/mol. The number of benzene rings is 1. The second-order valence-corrected chi connectivity index (χ2v) is 8.61. The molecular formula is C18H22N6OS2. The summed E-state index contributed by atoms with van der Waals surface area (Å²) in [5.41, 5.74) is 8.65. The van der Waals surface area contributed by atoms with Crippen LogP contribution >= 0.6 is 23.1 Å². The van der Waals surface area contributed by atoms with Crippen molar-refractivity contribution in [1.82, 2.24) is 19.9 Å². The number of aromatic amines is 1. The Kier molecular flexibility index (Phi) is 5.33. The van der Waals surface area contributed by atoms with Gasteiger partial charge in [0.1, 0.15) is 5.52 Å². The summed E-state index contributed by atoms with van der Waals surface area (Å²) in [6.07, 6.45) is 4.28. The summed E-state index contributed by atoms with van der Waals surface area (Å²) in [6, 6.07) is 5.41. The fourth-order valence-electron chi connectivity index (χ4n) is 3.32. The van der Waals surface area contributed by atoms with E-state index < -0.39 is 0 Å². The van der Waals surface area contributed by atoms with Crippen LogP contribution in [0.2, 0.25) is 0 Å². The van der Waals surface area contributed by atoms with Crippen LogP contribution in [0.4, 0.5) is 11.1 Å². The maximum atomic E-state index is 12.7. The maximum Gasteiger partial charge on any atom is 0.259 e. The van der Waals surface area contributed by atoms with E-state index in [0.29, 0.717) is 22.2 Å². The summed E-state index contributed by atoms with van der Waals surface area (Å²) in [7, 11) is 0. The number of nitrogen functional groups attached to an aromatic ring is 1. The van der Waals surface area contributed by atoms with Gasteiger partial charge in [-0.1, -0.05) is 6.07 Å². The molecule has 0 atom stereocenters. The van der Waals surface area contributed by atoms with E-state index in [4.69, 9.17) is 5.73 Å². The fraction of sp³-hybridized carbons (Fsp3) is 0.389. The molecule has 1 amide bonds. The Labute approximate surface area is 165 Å². The highest BCUT2D eigenvalue weighted by Crippen LogP contribution is 2.29. The lowest BCUT2D eigenvalue weighted by Crippen LogP contribution is -2.31. The van der Waals surface area contributed by atoms with Crippen LogP contribution < -0.4 is 11.1 Å². The van der Waals surface area contributed by atoms with Crippen LogP contribution in [-0.2, 0) is 13.0 Å². The number of fused-ring (bicyclic) bond motifs is 2. The zero-order valence-corrected chi connectivity index (χ0v) is 16.8. The standard InChI is InChI=1S/C18H22N6OS2/c1-26-9-3-7-24-8-6-12-14(10-24)27-18(21-12)23-16(25)11-4-2-5-13-15(11)22-17(19)20-13/h2,4-5H,3,6-10H2,1H3,(H3,19,20,22)(H,21,23,25). The SMILES string of the molecule is CSCCCN1CCc2nc(NC(=O)c3cccc4[nH]c(N)nc34)sc2C1. The van der Waals surface area contributed by atoms with E-state index in [1.54, 1.807) is 17.4 Å². The average Bonchev–Trinajstić information content (AvgIpc) is 3.22. The summed E-state index contributed by atoms with van der Waals surface area (Å²) in [5, 5.41) is 3.59. The Balaban J connectivity index is 1.47. The van der Waals surface area contributed by atoms with Gasteiger partial charge in [-0.3, -0.25) is 15.0 Å². The number of aromatic nitrogens is 3. The summed E-state index contributed by atoms with van der Waals surface area (Å²) >= 11 is 3.46. The molecule has 0 spiro atoms. The molecule has 0 radical (unpaired) electrons. The van der Waals surface area contributed by atoms with Crippen LogP contribution in [0.15, 0.2) is 18.2 Å². The number of nitrogens with zero attached hydrogens (tertiary/aromatic N) is 3. The van der Waals surface area contributed by atoms with E-state index >= 15 is 0 Å². The minimum atomic E-state index is -0.213. The predicted octanol–water partition coefficient (Wildman–Crippen LogP) is 2.97. The van der Waals surface area contributed by atoms with Crippen molar-refractivity contribution in [2.24, 2.45) is 0 Å². The molecule has 27 heavy (non-hydrogen) atoms. The summed E-state index contributed by atoms with van der Waals surface area (Å²) in [6.45, 7) is 3.07. The number of nitrogens with two attached hydrogens (primary N) is 1. The molecule has 0 aliphatic carbocycles. The van der Waals surface area contributed by atoms with Gasteiger partial charge in [-0.25, -0.2) is 9.97 Å². The second kappa shape index (κ2) is 7.87. The first-order valence-corrected chi connectivity index (χ1v) is 11.1. The maximum absolute atomic E-state index is 12.7. The molecule has 4 rings (SSSR count). The van der Waals surface area contributed by atoms with Crippen molar-refractivity contribution < 1.29 is 4.79 Å². The normalized spacial score (nSPS) is 14.4. The molecule has 3 aromatic rings. The van der Waals surface area contributed by atoms with Crippen molar-refractivity contribution in [2.75, 3.05) is 36.1 Å². The van der Waals surface area contributed by atoms with E-state index in [-0.39, 0.29) is 5.91 Å². The minimum absolute atomic E-state index is 0.213. The topological polar surface area (TPSA) is 99.9 Å². The number of rotatable bonds is 6. The van der Waals surface area contributed by atoms with Gasteiger partial charge in [0.2, 0.25) is 0 Å². The molecule has 7 nitrogen and oxygen atoms in total. The van der Waals surface area contributed by atoms with E-state index in [1.165, 1.54) is 17.1 Å². The number of carbonyl (C=O) groups is 1. The van der Waals surface area contributed by atoms with E-state index in [9.17, 15) is 4.79 Å². The number of H-pyrrole nitrogens is 1. The molecular weight excluding hydrogens is 380 g/mol. The van der Waals surface area contributed by atoms with E-state index in [2.05, 4.69) is 31.4 Å². The highest BCUT2D eigenvalue weighted by Gasteiger charge is 2.22. The lowest BCUT2D eigenvalue weighted by molar-refractivity contribution is 0.102. The van der Waals surface area contributed by atoms with Gasteiger partial charge in [0.15, 0.2) is 11.1 Å². The molecule has 1 aliphatic rings. The van der Waals surface area contributed by atoms with Crippen molar-refractivity contribution >= 4 is 51.1 Å². The minimum Gasteiger partial charge on any atom is -0.369 e. The zero-order chi connectivity index (χ0) is 18.8. The number of para-hydroxylation sites is 1. The molecule has 0 fully saturated rings.